The predicted molar refractivity (Wildman–Crippen MR) is 79.6 cm³/mol. The van der Waals surface area contributed by atoms with E-state index in [0.717, 1.165) is 10.0 Å². The van der Waals surface area contributed by atoms with Crippen molar-refractivity contribution >= 4 is 27.6 Å². The van der Waals surface area contributed by atoms with Gasteiger partial charge in [-0.15, -0.1) is 0 Å². The number of nitriles is 1. The summed E-state index contributed by atoms with van der Waals surface area (Å²) >= 11 is 3.32. The molecule has 0 saturated heterocycles. The van der Waals surface area contributed by atoms with Crippen molar-refractivity contribution in [3.63, 3.8) is 0 Å². The largest absolute Gasteiger partial charge is 0.478 e. The molecule has 0 atom stereocenters. The maximum absolute atomic E-state index is 10.9. The molecule has 2 N–H and O–H groups in total. The Balaban J connectivity index is 2.17. The van der Waals surface area contributed by atoms with Crippen LogP contribution in [0.4, 0.5) is 5.69 Å². The van der Waals surface area contributed by atoms with E-state index in [1.807, 2.05) is 18.2 Å². The maximum Gasteiger partial charge on any atom is 0.335 e. The maximum atomic E-state index is 10.9. The lowest BCUT2D eigenvalue weighted by Crippen LogP contribution is -2.03. The van der Waals surface area contributed by atoms with E-state index < -0.39 is 5.97 Å². The molecule has 0 fully saturated rings. The van der Waals surface area contributed by atoms with Gasteiger partial charge >= 0.3 is 5.97 Å². The van der Waals surface area contributed by atoms with Crippen LogP contribution in [0.3, 0.4) is 0 Å². The number of aromatic carboxylic acids is 1. The first-order valence-electron chi connectivity index (χ1n) is 5.86. The highest BCUT2D eigenvalue weighted by Crippen LogP contribution is 2.24. The third kappa shape index (κ3) is 3.16. The topological polar surface area (TPSA) is 73.1 Å². The smallest absolute Gasteiger partial charge is 0.335 e. The number of rotatable bonds is 4. The molecule has 4 nitrogen and oxygen atoms in total. The number of hydrogen-bond donors (Lipinski definition) is 2. The fraction of sp³-hybridized carbons (Fsp3) is 0.0667. The number of carboxylic acids is 1. The minimum atomic E-state index is -0.952. The lowest BCUT2D eigenvalue weighted by Gasteiger charge is -2.09. The summed E-state index contributed by atoms with van der Waals surface area (Å²) in [5, 5.41) is 21.2. The number of carboxylic acid groups (broad SMARTS) is 1. The zero-order valence-electron chi connectivity index (χ0n) is 10.4. The molecule has 2 aromatic carbocycles. The molecule has 0 bridgehead atoms. The van der Waals surface area contributed by atoms with Gasteiger partial charge in [-0.25, -0.2) is 4.79 Å². The molecule has 5 heteroatoms. The van der Waals surface area contributed by atoms with E-state index in [1.165, 1.54) is 0 Å². The molecule has 2 aromatic rings. The number of hydrogen-bond acceptors (Lipinski definition) is 3. The first kappa shape index (κ1) is 14.1. The number of benzene rings is 2. The highest BCUT2D eigenvalue weighted by Gasteiger charge is 2.06. The van der Waals surface area contributed by atoms with E-state index in [2.05, 4.69) is 27.3 Å². The van der Waals surface area contributed by atoms with E-state index in [9.17, 15) is 4.79 Å². The van der Waals surface area contributed by atoms with Crippen LogP contribution in [0.2, 0.25) is 0 Å². The molecule has 0 amide bonds. The first-order chi connectivity index (χ1) is 9.61. The van der Waals surface area contributed by atoms with Crippen molar-refractivity contribution in [1.29, 1.82) is 5.26 Å². The summed E-state index contributed by atoms with van der Waals surface area (Å²) in [6.07, 6.45) is 0. The Morgan fingerprint density at radius 1 is 1.30 bits per heavy atom. The van der Waals surface area contributed by atoms with Gasteiger partial charge in [-0.3, -0.25) is 0 Å². The lowest BCUT2D eigenvalue weighted by atomic mass is 10.1. The Hall–Kier alpha value is -2.32. The van der Waals surface area contributed by atoms with Crippen molar-refractivity contribution < 1.29 is 9.90 Å². The highest BCUT2D eigenvalue weighted by atomic mass is 79.9. The monoisotopic (exact) mass is 330 g/mol. The molecule has 0 unspecified atom stereocenters. The average molecular weight is 331 g/mol. The van der Waals surface area contributed by atoms with Crippen LogP contribution in [0.5, 0.6) is 0 Å². The Morgan fingerprint density at radius 3 is 2.75 bits per heavy atom. The van der Waals surface area contributed by atoms with Gasteiger partial charge in [0.2, 0.25) is 0 Å². The van der Waals surface area contributed by atoms with E-state index in [0.29, 0.717) is 17.8 Å². The fourth-order valence-electron chi connectivity index (χ4n) is 1.80. The number of nitrogens with one attached hydrogen (secondary N) is 1. The molecule has 0 aromatic heterocycles. The Labute approximate surface area is 124 Å². The van der Waals surface area contributed by atoms with Crippen LogP contribution in [-0.2, 0) is 6.54 Å². The second-order valence-electron chi connectivity index (χ2n) is 4.13. The Bertz CT molecular complexity index is 693. The van der Waals surface area contributed by atoms with E-state index in [-0.39, 0.29) is 5.56 Å². The number of anilines is 1. The van der Waals surface area contributed by atoms with Gasteiger partial charge in [-0.2, -0.15) is 5.26 Å². The summed E-state index contributed by atoms with van der Waals surface area (Å²) in [7, 11) is 0. The Kier molecular flexibility index (Phi) is 4.38. The third-order valence-electron chi connectivity index (χ3n) is 2.78. The highest BCUT2D eigenvalue weighted by molar-refractivity contribution is 9.10. The number of carbonyl (C=O) groups is 1. The van der Waals surface area contributed by atoms with Crippen molar-refractivity contribution in [2.75, 3.05) is 5.32 Å². The molecule has 20 heavy (non-hydrogen) atoms. The minimum absolute atomic E-state index is 0.249. The van der Waals surface area contributed by atoms with Crippen LogP contribution >= 0.6 is 15.9 Å². The zero-order chi connectivity index (χ0) is 14.5. The summed E-state index contributed by atoms with van der Waals surface area (Å²) in [4.78, 5) is 10.9. The van der Waals surface area contributed by atoms with Crippen molar-refractivity contribution in [3.05, 3.63) is 63.6 Å². The van der Waals surface area contributed by atoms with Gasteiger partial charge in [0, 0.05) is 11.0 Å². The van der Waals surface area contributed by atoms with Crippen molar-refractivity contribution in [2.45, 2.75) is 6.54 Å². The van der Waals surface area contributed by atoms with Gasteiger partial charge in [0.1, 0.15) is 6.07 Å². The molecule has 0 radical (unpaired) electrons. The van der Waals surface area contributed by atoms with Crippen molar-refractivity contribution in [3.8, 4) is 6.07 Å². The predicted octanol–water partition coefficient (Wildman–Crippen LogP) is 3.63. The quantitative estimate of drug-likeness (QED) is 0.897. The summed E-state index contributed by atoms with van der Waals surface area (Å²) < 4.78 is 0.726. The van der Waals surface area contributed by atoms with Crippen LogP contribution in [-0.4, -0.2) is 11.1 Å². The van der Waals surface area contributed by atoms with Gasteiger partial charge in [0.05, 0.1) is 16.8 Å². The molecule has 0 spiro atoms. The summed E-state index contributed by atoms with van der Waals surface area (Å²) in [5.74, 6) is -0.952. The van der Waals surface area contributed by atoms with E-state index in [1.54, 1.807) is 24.3 Å². The van der Waals surface area contributed by atoms with Crippen molar-refractivity contribution in [2.24, 2.45) is 0 Å². The number of halogens is 1. The van der Waals surface area contributed by atoms with Crippen LogP contribution < -0.4 is 5.32 Å². The van der Waals surface area contributed by atoms with Crippen molar-refractivity contribution in [1.82, 2.24) is 0 Å². The SMILES string of the molecule is N#Cc1c(Br)cccc1NCc1cccc(C(=O)O)c1. The van der Waals surface area contributed by atoms with E-state index >= 15 is 0 Å². The summed E-state index contributed by atoms with van der Waals surface area (Å²) in [6.45, 7) is 0.451. The van der Waals surface area contributed by atoms with E-state index in [4.69, 9.17) is 10.4 Å². The van der Waals surface area contributed by atoms with Gasteiger partial charge in [-0.1, -0.05) is 18.2 Å². The minimum Gasteiger partial charge on any atom is -0.478 e. The zero-order valence-corrected chi connectivity index (χ0v) is 12.0. The third-order valence-corrected chi connectivity index (χ3v) is 3.44. The molecule has 100 valence electrons. The van der Waals surface area contributed by atoms with Gasteiger partial charge in [0.25, 0.3) is 0 Å². The van der Waals surface area contributed by atoms with Crippen LogP contribution in [0.25, 0.3) is 0 Å². The molecule has 0 heterocycles. The fourth-order valence-corrected chi connectivity index (χ4v) is 2.25. The average Bonchev–Trinajstić information content (AvgIpc) is 2.45. The second kappa shape index (κ2) is 6.22. The summed E-state index contributed by atoms with van der Waals surface area (Å²) in [5.41, 5.74) is 2.33. The van der Waals surface area contributed by atoms with Crippen LogP contribution in [0, 0.1) is 11.3 Å². The van der Waals surface area contributed by atoms with Crippen LogP contribution in [0.1, 0.15) is 21.5 Å². The van der Waals surface area contributed by atoms with Crippen LogP contribution in [0.15, 0.2) is 46.9 Å². The van der Waals surface area contributed by atoms with Gasteiger partial charge in [-0.05, 0) is 45.8 Å². The van der Waals surface area contributed by atoms with Gasteiger partial charge < -0.3 is 10.4 Å². The lowest BCUT2D eigenvalue weighted by molar-refractivity contribution is 0.0697. The molecular formula is C15H11BrN2O2. The standard InChI is InChI=1S/C15H11BrN2O2/c16-13-5-2-6-14(12(13)8-17)18-9-10-3-1-4-11(7-10)15(19)20/h1-7,18H,9H2,(H,19,20). The first-order valence-corrected chi connectivity index (χ1v) is 6.66. The van der Waals surface area contributed by atoms with Gasteiger partial charge in [0.15, 0.2) is 0 Å². The summed E-state index contributed by atoms with van der Waals surface area (Å²) in [6, 6.07) is 14.3. The molecule has 0 saturated carbocycles. The normalized spacial score (nSPS) is 9.80. The number of nitrogens with zero attached hydrogens (tertiary/aromatic N) is 1. The molecular weight excluding hydrogens is 320 g/mol. The molecule has 0 aliphatic rings. The molecule has 2 rings (SSSR count). The molecule has 0 aliphatic carbocycles. The molecule has 0 aliphatic heterocycles. The Morgan fingerprint density at radius 2 is 2.05 bits per heavy atom. The second-order valence-corrected chi connectivity index (χ2v) is 4.99.